The van der Waals surface area contributed by atoms with Crippen LogP contribution in [0.25, 0.3) is 0 Å². The zero-order valence-corrected chi connectivity index (χ0v) is 11.0. The number of carbonyl (C=O) groups is 1. The molecule has 0 aliphatic heterocycles. The van der Waals surface area contributed by atoms with Crippen molar-refractivity contribution in [1.29, 1.82) is 0 Å². The molecule has 0 saturated heterocycles. The molecule has 0 fully saturated rings. The Morgan fingerprint density at radius 2 is 2.06 bits per heavy atom. The first kappa shape index (κ1) is 13.6. The molecule has 1 N–H and O–H groups in total. The van der Waals surface area contributed by atoms with Crippen molar-refractivity contribution in [3.63, 3.8) is 0 Å². The lowest BCUT2D eigenvalue weighted by molar-refractivity contribution is -0.128. The Morgan fingerprint density at radius 3 is 2.59 bits per heavy atom. The fourth-order valence-electron chi connectivity index (χ4n) is 1.70. The van der Waals surface area contributed by atoms with Gasteiger partial charge in [-0.3, -0.25) is 4.79 Å². The van der Waals surface area contributed by atoms with Gasteiger partial charge in [-0.25, -0.2) is 0 Å². The summed E-state index contributed by atoms with van der Waals surface area (Å²) < 4.78 is 5.75. The first-order valence-corrected chi connectivity index (χ1v) is 6.10. The number of benzene rings is 1. The zero-order chi connectivity index (χ0) is 12.8. The van der Waals surface area contributed by atoms with E-state index >= 15 is 0 Å². The fourth-order valence-corrected chi connectivity index (χ4v) is 1.70. The second kappa shape index (κ2) is 6.28. The Morgan fingerprint density at radius 1 is 1.35 bits per heavy atom. The molecular weight excluding hydrogens is 214 g/mol. The van der Waals surface area contributed by atoms with Gasteiger partial charge in [-0.1, -0.05) is 24.6 Å². The van der Waals surface area contributed by atoms with Gasteiger partial charge in [-0.15, -0.1) is 0 Å². The minimum absolute atomic E-state index is 0.0463. The Balaban J connectivity index is 2.77. The smallest absolute Gasteiger partial charge is 0.261 e. The van der Waals surface area contributed by atoms with Crippen LogP contribution >= 0.6 is 0 Å². The lowest BCUT2D eigenvalue weighted by Crippen LogP contribution is -2.37. The van der Waals surface area contributed by atoms with Crippen LogP contribution in [0.5, 0.6) is 5.75 Å². The van der Waals surface area contributed by atoms with Crippen molar-refractivity contribution in [1.82, 2.24) is 5.32 Å². The number of carbonyl (C=O) groups excluding carboxylic acids is 1. The Bertz CT molecular complexity index is 388. The highest BCUT2D eigenvalue weighted by Gasteiger charge is 2.17. The van der Waals surface area contributed by atoms with Crippen LogP contribution in [0, 0.1) is 13.8 Å². The molecule has 1 unspecified atom stereocenters. The molecule has 0 aliphatic rings. The van der Waals surface area contributed by atoms with Gasteiger partial charge in [-0.2, -0.15) is 0 Å². The van der Waals surface area contributed by atoms with E-state index in [1.54, 1.807) is 0 Å². The second-order valence-electron chi connectivity index (χ2n) is 4.18. The first-order chi connectivity index (χ1) is 8.08. The summed E-state index contributed by atoms with van der Waals surface area (Å²) in [6.07, 6.45) is 0.260. The Hall–Kier alpha value is -1.51. The van der Waals surface area contributed by atoms with Crippen molar-refractivity contribution in [2.24, 2.45) is 0 Å². The summed E-state index contributed by atoms with van der Waals surface area (Å²) in [7, 11) is 0. The normalized spacial score (nSPS) is 12.0. The van der Waals surface area contributed by atoms with Crippen LogP contribution in [0.15, 0.2) is 18.2 Å². The molecular formula is C14H21NO2. The number of hydrogen-bond donors (Lipinski definition) is 1. The number of likely N-dealkylation sites (N-methyl/N-ethyl adjacent to an activating group) is 1. The van der Waals surface area contributed by atoms with Crippen LogP contribution in [0.3, 0.4) is 0 Å². The van der Waals surface area contributed by atoms with Gasteiger partial charge in [0, 0.05) is 6.54 Å². The Kier molecular flexibility index (Phi) is 5.01. The third-order valence-corrected chi connectivity index (χ3v) is 2.61. The van der Waals surface area contributed by atoms with Crippen molar-refractivity contribution in [3.8, 4) is 5.75 Å². The standard InChI is InChI=1S/C14H21NO2/c1-5-12(14(16)15-6-2)17-13-8-7-10(3)9-11(13)4/h7-9,12H,5-6H2,1-4H3,(H,15,16). The summed E-state index contributed by atoms with van der Waals surface area (Å²) in [5, 5.41) is 2.78. The van der Waals surface area contributed by atoms with Crippen molar-refractivity contribution >= 4 is 5.91 Å². The first-order valence-electron chi connectivity index (χ1n) is 6.10. The Labute approximate surface area is 103 Å². The maximum Gasteiger partial charge on any atom is 0.261 e. The van der Waals surface area contributed by atoms with E-state index in [9.17, 15) is 4.79 Å². The van der Waals surface area contributed by atoms with Crippen LogP contribution < -0.4 is 10.1 Å². The highest BCUT2D eigenvalue weighted by Crippen LogP contribution is 2.20. The van der Waals surface area contributed by atoms with E-state index in [1.807, 2.05) is 39.8 Å². The van der Waals surface area contributed by atoms with Crippen LogP contribution in [-0.4, -0.2) is 18.6 Å². The quantitative estimate of drug-likeness (QED) is 0.852. The molecule has 0 bridgehead atoms. The number of aryl methyl sites for hydroxylation is 2. The van der Waals surface area contributed by atoms with Gasteiger partial charge in [0.15, 0.2) is 6.10 Å². The largest absolute Gasteiger partial charge is 0.480 e. The van der Waals surface area contributed by atoms with Crippen molar-refractivity contribution in [3.05, 3.63) is 29.3 Å². The SMILES string of the molecule is CCNC(=O)C(CC)Oc1ccc(C)cc1C. The van der Waals surface area contributed by atoms with E-state index in [0.717, 1.165) is 11.3 Å². The zero-order valence-electron chi connectivity index (χ0n) is 11.0. The summed E-state index contributed by atoms with van der Waals surface area (Å²) in [6.45, 7) is 8.52. The molecule has 1 aromatic rings. The topological polar surface area (TPSA) is 38.3 Å². The molecule has 0 aromatic heterocycles. The van der Waals surface area contributed by atoms with E-state index in [1.165, 1.54) is 5.56 Å². The molecule has 0 radical (unpaired) electrons. The summed E-state index contributed by atoms with van der Waals surface area (Å²) >= 11 is 0. The average molecular weight is 235 g/mol. The van der Waals surface area contributed by atoms with Gasteiger partial charge in [0.1, 0.15) is 5.75 Å². The number of nitrogens with one attached hydrogen (secondary N) is 1. The highest BCUT2D eigenvalue weighted by molar-refractivity contribution is 5.81. The van der Waals surface area contributed by atoms with Gasteiger partial charge in [0.05, 0.1) is 0 Å². The molecule has 94 valence electrons. The second-order valence-corrected chi connectivity index (χ2v) is 4.18. The van der Waals surface area contributed by atoms with E-state index in [-0.39, 0.29) is 5.91 Å². The van der Waals surface area contributed by atoms with Gasteiger partial charge >= 0.3 is 0 Å². The van der Waals surface area contributed by atoms with Crippen LogP contribution in [0.2, 0.25) is 0 Å². The summed E-state index contributed by atoms with van der Waals surface area (Å²) in [5.74, 6) is 0.740. The molecule has 1 aromatic carbocycles. The van der Waals surface area contributed by atoms with E-state index in [4.69, 9.17) is 4.74 Å². The molecule has 3 heteroatoms. The van der Waals surface area contributed by atoms with E-state index < -0.39 is 6.10 Å². The molecule has 0 heterocycles. The van der Waals surface area contributed by atoms with Crippen molar-refractivity contribution < 1.29 is 9.53 Å². The van der Waals surface area contributed by atoms with E-state index in [2.05, 4.69) is 11.4 Å². The maximum absolute atomic E-state index is 11.7. The molecule has 17 heavy (non-hydrogen) atoms. The highest BCUT2D eigenvalue weighted by atomic mass is 16.5. The molecule has 0 aliphatic carbocycles. The van der Waals surface area contributed by atoms with Crippen LogP contribution in [0.4, 0.5) is 0 Å². The van der Waals surface area contributed by atoms with Crippen molar-refractivity contribution in [2.45, 2.75) is 40.2 Å². The van der Waals surface area contributed by atoms with Crippen molar-refractivity contribution in [2.75, 3.05) is 6.54 Å². The number of ether oxygens (including phenoxy) is 1. The number of hydrogen-bond acceptors (Lipinski definition) is 2. The molecule has 1 rings (SSSR count). The molecule has 3 nitrogen and oxygen atoms in total. The number of amides is 1. The van der Waals surface area contributed by atoms with Gasteiger partial charge in [-0.05, 0) is 38.8 Å². The summed E-state index contributed by atoms with van der Waals surface area (Å²) in [5.41, 5.74) is 2.26. The van der Waals surface area contributed by atoms with Crippen LogP contribution in [0.1, 0.15) is 31.4 Å². The van der Waals surface area contributed by atoms with Gasteiger partial charge < -0.3 is 10.1 Å². The lowest BCUT2D eigenvalue weighted by Gasteiger charge is -2.18. The summed E-state index contributed by atoms with van der Waals surface area (Å²) in [6, 6.07) is 5.97. The summed E-state index contributed by atoms with van der Waals surface area (Å²) in [4.78, 5) is 11.7. The van der Waals surface area contributed by atoms with Gasteiger partial charge in [0.2, 0.25) is 0 Å². The third kappa shape index (κ3) is 3.77. The maximum atomic E-state index is 11.7. The number of rotatable bonds is 5. The molecule has 0 spiro atoms. The molecule has 0 saturated carbocycles. The lowest BCUT2D eigenvalue weighted by atomic mass is 10.1. The average Bonchev–Trinajstić information content (AvgIpc) is 2.28. The predicted molar refractivity (Wildman–Crippen MR) is 69.3 cm³/mol. The van der Waals surface area contributed by atoms with Crippen LogP contribution in [-0.2, 0) is 4.79 Å². The minimum Gasteiger partial charge on any atom is -0.480 e. The molecule has 1 amide bonds. The molecule has 1 atom stereocenters. The fraction of sp³-hybridized carbons (Fsp3) is 0.500. The van der Waals surface area contributed by atoms with Gasteiger partial charge in [0.25, 0.3) is 5.91 Å². The monoisotopic (exact) mass is 235 g/mol. The predicted octanol–water partition coefficient (Wildman–Crippen LogP) is 2.60. The minimum atomic E-state index is -0.406. The van der Waals surface area contributed by atoms with E-state index in [0.29, 0.717) is 13.0 Å². The third-order valence-electron chi connectivity index (χ3n) is 2.61.